The standard InChI is InChI=1S/C10H20N2O3/c1-5-15-8(13)6-12(4)10(14)9(11)7(2)3/h7,9H,5-6,11H2,1-4H3/t9-/m0/s1. The molecule has 0 aliphatic heterocycles. The Balaban J connectivity index is 4.15. The van der Waals surface area contributed by atoms with Crippen LogP contribution in [-0.2, 0) is 14.3 Å². The molecule has 0 fully saturated rings. The van der Waals surface area contributed by atoms with Gasteiger partial charge in [0.1, 0.15) is 6.54 Å². The third kappa shape index (κ3) is 4.78. The van der Waals surface area contributed by atoms with E-state index in [-0.39, 0.29) is 18.4 Å². The van der Waals surface area contributed by atoms with Crippen LogP contribution in [0.15, 0.2) is 0 Å². The summed E-state index contributed by atoms with van der Waals surface area (Å²) >= 11 is 0. The Morgan fingerprint density at radius 2 is 1.93 bits per heavy atom. The van der Waals surface area contributed by atoms with Crippen molar-refractivity contribution in [1.29, 1.82) is 0 Å². The zero-order valence-electron chi connectivity index (χ0n) is 9.82. The Hall–Kier alpha value is -1.10. The number of esters is 1. The number of likely N-dealkylation sites (N-methyl/N-ethyl adjacent to an activating group) is 1. The fourth-order valence-corrected chi connectivity index (χ4v) is 1.02. The minimum absolute atomic E-state index is 0.0485. The van der Waals surface area contributed by atoms with Gasteiger partial charge in [-0.15, -0.1) is 0 Å². The maximum atomic E-state index is 11.6. The normalized spacial score (nSPS) is 12.4. The molecule has 0 rings (SSSR count). The summed E-state index contributed by atoms with van der Waals surface area (Å²) in [6.07, 6.45) is 0. The van der Waals surface area contributed by atoms with Crippen LogP contribution in [-0.4, -0.2) is 43.0 Å². The third-order valence-electron chi connectivity index (χ3n) is 2.05. The fourth-order valence-electron chi connectivity index (χ4n) is 1.02. The number of nitrogens with zero attached hydrogens (tertiary/aromatic N) is 1. The fraction of sp³-hybridized carbons (Fsp3) is 0.800. The van der Waals surface area contributed by atoms with Gasteiger partial charge in [-0.3, -0.25) is 9.59 Å². The van der Waals surface area contributed by atoms with E-state index in [2.05, 4.69) is 0 Å². The zero-order chi connectivity index (χ0) is 12.0. The highest BCUT2D eigenvalue weighted by Crippen LogP contribution is 2.02. The van der Waals surface area contributed by atoms with Gasteiger partial charge in [-0.1, -0.05) is 13.8 Å². The molecule has 1 amide bonds. The number of carbonyl (C=O) groups excluding carboxylic acids is 2. The highest BCUT2D eigenvalue weighted by molar-refractivity contribution is 5.85. The number of rotatable bonds is 5. The molecule has 0 aliphatic rings. The summed E-state index contributed by atoms with van der Waals surface area (Å²) in [6.45, 7) is 5.71. The van der Waals surface area contributed by atoms with E-state index in [1.807, 2.05) is 13.8 Å². The molecule has 0 radical (unpaired) electrons. The molecule has 2 N–H and O–H groups in total. The zero-order valence-corrected chi connectivity index (χ0v) is 9.82. The summed E-state index contributed by atoms with van der Waals surface area (Å²) in [5.74, 6) is -0.593. The molecule has 0 aromatic carbocycles. The van der Waals surface area contributed by atoms with Crippen molar-refractivity contribution in [2.24, 2.45) is 11.7 Å². The van der Waals surface area contributed by atoms with Crippen LogP contribution < -0.4 is 5.73 Å². The SMILES string of the molecule is CCOC(=O)CN(C)C(=O)[C@@H](N)C(C)C. The van der Waals surface area contributed by atoms with Crippen molar-refractivity contribution < 1.29 is 14.3 Å². The Morgan fingerprint density at radius 3 is 2.33 bits per heavy atom. The van der Waals surface area contributed by atoms with Crippen molar-refractivity contribution in [2.75, 3.05) is 20.2 Å². The monoisotopic (exact) mass is 216 g/mol. The number of hydrogen-bond acceptors (Lipinski definition) is 4. The van der Waals surface area contributed by atoms with E-state index in [0.717, 1.165) is 0 Å². The average molecular weight is 216 g/mol. The predicted octanol–water partition coefficient (Wildman–Crippen LogP) is -0.00880. The summed E-state index contributed by atoms with van der Waals surface area (Å²) in [7, 11) is 1.54. The van der Waals surface area contributed by atoms with Gasteiger partial charge in [-0.05, 0) is 12.8 Å². The van der Waals surface area contributed by atoms with Crippen LogP contribution in [0.2, 0.25) is 0 Å². The lowest BCUT2D eigenvalue weighted by molar-refractivity contribution is -0.148. The topological polar surface area (TPSA) is 72.6 Å². The number of carbonyl (C=O) groups is 2. The molecule has 0 saturated carbocycles. The highest BCUT2D eigenvalue weighted by atomic mass is 16.5. The Bertz CT molecular complexity index is 229. The molecule has 88 valence electrons. The first-order chi connectivity index (χ1) is 6.90. The number of ether oxygens (including phenoxy) is 1. The first kappa shape index (κ1) is 13.9. The summed E-state index contributed by atoms with van der Waals surface area (Å²) in [5.41, 5.74) is 5.67. The van der Waals surface area contributed by atoms with Crippen LogP contribution in [0, 0.1) is 5.92 Å². The van der Waals surface area contributed by atoms with Crippen molar-refractivity contribution >= 4 is 11.9 Å². The number of hydrogen-bond donors (Lipinski definition) is 1. The van der Waals surface area contributed by atoms with E-state index < -0.39 is 12.0 Å². The largest absolute Gasteiger partial charge is 0.465 e. The van der Waals surface area contributed by atoms with E-state index in [1.165, 1.54) is 4.90 Å². The first-order valence-electron chi connectivity index (χ1n) is 5.06. The summed E-state index contributed by atoms with van der Waals surface area (Å²) in [5, 5.41) is 0. The molecule has 0 bridgehead atoms. The predicted molar refractivity (Wildman–Crippen MR) is 57.1 cm³/mol. The second-order valence-corrected chi connectivity index (χ2v) is 3.77. The summed E-state index contributed by atoms with van der Waals surface area (Å²) in [6, 6.07) is -0.565. The quantitative estimate of drug-likeness (QED) is 0.656. The van der Waals surface area contributed by atoms with Crippen LogP contribution in [0.1, 0.15) is 20.8 Å². The average Bonchev–Trinajstić information content (AvgIpc) is 2.15. The number of nitrogens with two attached hydrogens (primary N) is 1. The molecular weight excluding hydrogens is 196 g/mol. The lowest BCUT2D eigenvalue weighted by Crippen LogP contribution is -2.46. The second-order valence-electron chi connectivity index (χ2n) is 3.77. The molecule has 15 heavy (non-hydrogen) atoms. The van der Waals surface area contributed by atoms with Crippen LogP contribution in [0.25, 0.3) is 0 Å². The highest BCUT2D eigenvalue weighted by Gasteiger charge is 2.22. The molecular formula is C10H20N2O3. The van der Waals surface area contributed by atoms with Gasteiger partial charge in [0, 0.05) is 7.05 Å². The molecule has 0 heterocycles. The van der Waals surface area contributed by atoms with Gasteiger partial charge in [-0.2, -0.15) is 0 Å². The minimum atomic E-state index is -0.565. The lowest BCUT2D eigenvalue weighted by Gasteiger charge is -2.22. The Morgan fingerprint density at radius 1 is 1.40 bits per heavy atom. The van der Waals surface area contributed by atoms with Gasteiger partial charge in [0.2, 0.25) is 5.91 Å². The van der Waals surface area contributed by atoms with Crippen LogP contribution in [0.3, 0.4) is 0 Å². The van der Waals surface area contributed by atoms with Crippen molar-refractivity contribution in [1.82, 2.24) is 4.90 Å². The Kier molecular flexibility index (Phi) is 5.93. The van der Waals surface area contributed by atoms with E-state index in [4.69, 9.17) is 10.5 Å². The molecule has 0 aliphatic carbocycles. The van der Waals surface area contributed by atoms with E-state index >= 15 is 0 Å². The molecule has 0 unspecified atom stereocenters. The van der Waals surface area contributed by atoms with Crippen molar-refractivity contribution in [3.63, 3.8) is 0 Å². The molecule has 0 saturated heterocycles. The lowest BCUT2D eigenvalue weighted by atomic mass is 10.0. The minimum Gasteiger partial charge on any atom is -0.465 e. The van der Waals surface area contributed by atoms with Gasteiger partial charge < -0.3 is 15.4 Å². The maximum absolute atomic E-state index is 11.6. The Labute approximate surface area is 90.6 Å². The van der Waals surface area contributed by atoms with Crippen LogP contribution in [0.5, 0.6) is 0 Å². The van der Waals surface area contributed by atoms with E-state index in [9.17, 15) is 9.59 Å². The van der Waals surface area contributed by atoms with Gasteiger partial charge in [0.25, 0.3) is 0 Å². The van der Waals surface area contributed by atoms with E-state index in [1.54, 1.807) is 14.0 Å². The molecule has 1 atom stereocenters. The van der Waals surface area contributed by atoms with E-state index in [0.29, 0.717) is 6.61 Å². The van der Waals surface area contributed by atoms with Crippen molar-refractivity contribution in [2.45, 2.75) is 26.8 Å². The molecule has 0 aromatic heterocycles. The van der Waals surface area contributed by atoms with Gasteiger partial charge in [-0.25, -0.2) is 0 Å². The van der Waals surface area contributed by atoms with Crippen LogP contribution >= 0.6 is 0 Å². The summed E-state index contributed by atoms with van der Waals surface area (Å²) in [4.78, 5) is 24.0. The maximum Gasteiger partial charge on any atom is 0.325 e. The smallest absolute Gasteiger partial charge is 0.325 e. The second kappa shape index (κ2) is 6.40. The van der Waals surface area contributed by atoms with Crippen molar-refractivity contribution in [3.05, 3.63) is 0 Å². The third-order valence-corrected chi connectivity index (χ3v) is 2.05. The number of amides is 1. The van der Waals surface area contributed by atoms with Gasteiger partial charge in [0.05, 0.1) is 12.6 Å². The van der Waals surface area contributed by atoms with Gasteiger partial charge >= 0.3 is 5.97 Å². The van der Waals surface area contributed by atoms with Gasteiger partial charge in [0.15, 0.2) is 0 Å². The molecule has 5 heteroatoms. The summed E-state index contributed by atoms with van der Waals surface area (Å²) < 4.78 is 4.73. The molecule has 0 spiro atoms. The molecule has 5 nitrogen and oxygen atoms in total. The van der Waals surface area contributed by atoms with Crippen molar-refractivity contribution in [3.8, 4) is 0 Å². The molecule has 0 aromatic rings. The first-order valence-corrected chi connectivity index (χ1v) is 5.06. The van der Waals surface area contributed by atoms with Crippen LogP contribution in [0.4, 0.5) is 0 Å².